The van der Waals surface area contributed by atoms with Crippen LogP contribution in [0.25, 0.3) is 0 Å². The number of nitrogens with one attached hydrogen (secondary N) is 1. The lowest BCUT2D eigenvalue weighted by molar-refractivity contribution is -0.123. The number of carbonyl (C=O) groups excluding carboxylic acids is 1. The summed E-state index contributed by atoms with van der Waals surface area (Å²) in [6.07, 6.45) is 55.9. The van der Waals surface area contributed by atoms with Gasteiger partial charge in [0.15, 0.2) is 0 Å². The number of unbranched alkanes of at least 4 members (excludes halogenated alkanes) is 33. The first-order valence-electron chi connectivity index (χ1n) is 23.1. The second-order valence-electron chi connectivity index (χ2n) is 15.8. The van der Waals surface area contributed by atoms with E-state index >= 15 is 0 Å². The number of hydrogen-bond donors (Lipinski definition) is 3. The fourth-order valence-corrected chi connectivity index (χ4v) is 7.14. The van der Waals surface area contributed by atoms with Crippen LogP contribution in [-0.2, 0) is 4.79 Å². The average Bonchev–Trinajstić information content (AvgIpc) is 3.13. The Morgan fingerprint density at radius 3 is 1.14 bits per heavy atom. The van der Waals surface area contributed by atoms with Crippen LogP contribution in [0.4, 0.5) is 0 Å². The molecule has 0 rings (SSSR count). The standard InChI is InChI=1S/C47H91NO3/c1-3-5-7-9-11-13-15-17-18-19-20-21-22-23-24-25-26-27-28-29-31-32-34-36-38-40-42-46(50)45(44-49)48-47(51)43-41-39-37-35-33-30-16-14-12-10-8-6-4-2/h32,34,40,42,45-46,49-50H,3-31,33,35-39,41,43-44H2,1-2H3,(H,48,51)/b34-32+,42-40+. The third kappa shape index (κ3) is 39.9. The van der Waals surface area contributed by atoms with Crippen LogP contribution in [0.2, 0.25) is 0 Å². The van der Waals surface area contributed by atoms with Gasteiger partial charge in [0.25, 0.3) is 0 Å². The van der Waals surface area contributed by atoms with Crippen LogP contribution in [-0.4, -0.2) is 34.9 Å². The van der Waals surface area contributed by atoms with Crippen LogP contribution in [0.5, 0.6) is 0 Å². The Labute approximate surface area is 319 Å². The molecule has 3 N–H and O–H groups in total. The molecule has 4 heteroatoms. The van der Waals surface area contributed by atoms with E-state index in [1.54, 1.807) is 6.08 Å². The molecule has 0 fully saturated rings. The molecule has 1 amide bonds. The Kier molecular flexibility index (Phi) is 42.3. The Morgan fingerprint density at radius 2 is 0.765 bits per heavy atom. The average molecular weight is 718 g/mol. The first-order chi connectivity index (χ1) is 25.2. The molecule has 0 saturated heterocycles. The number of hydrogen-bond acceptors (Lipinski definition) is 3. The minimum Gasteiger partial charge on any atom is -0.394 e. The first-order valence-corrected chi connectivity index (χ1v) is 23.1. The van der Waals surface area contributed by atoms with E-state index in [4.69, 9.17) is 0 Å². The predicted molar refractivity (Wildman–Crippen MR) is 225 cm³/mol. The number of allylic oxidation sites excluding steroid dienone is 3. The number of rotatable bonds is 42. The molecule has 0 aliphatic rings. The van der Waals surface area contributed by atoms with Gasteiger partial charge in [0.2, 0.25) is 5.91 Å². The molecule has 0 heterocycles. The van der Waals surface area contributed by atoms with Crippen molar-refractivity contribution in [2.45, 2.75) is 264 Å². The summed E-state index contributed by atoms with van der Waals surface area (Å²) < 4.78 is 0. The van der Waals surface area contributed by atoms with Crippen molar-refractivity contribution < 1.29 is 15.0 Å². The fourth-order valence-electron chi connectivity index (χ4n) is 7.14. The van der Waals surface area contributed by atoms with E-state index in [0.29, 0.717) is 6.42 Å². The first kappa shape index (κ1) is 49.9. The maximum atomic E-state index is 12.3. The Bertz CT molecular complexity index is 735. The molecule has 0 bridgehead atoms. The third-order valence-electron chi connectivity index (χ3n) is 10.7. The van der Waals surface area contributed by atoms with Gasteiger partial charge in [0.1, 0.15) is 0 Å². The molecule has 0 aliphatic carbocycles. The lowest BCUT2D eigenvalue weighted by atomic mass is 10.0. The van der Waals surface area contributed by atoms with Gasteiger partial charge >= 0.3 is 0 Å². The lowest BCUT2D eigenvalue weighted by Crippen LogP contribution is -2.45. The molecule has 0 saturated carbocycles. The van der Waals surface area contributed by atoms with E-state index in [1.807, 2.05) is 6.08 Å². The zero-order valence-electron chi connectivity index (χ0n) is 34.6. The summed E-state index contributed by atoms with van der Waals surface area (Å²) in [4.78, 5) is 12.3. The Morgan fingerprint density at radius 1 is 0.451 bits per heavy atom. The van der Waals surface area contributed by atoms with E-state index in [9.17, 15) is 15.0 Å². The van der Waals surface area contributed by atoms with E-state index in [-0.39, 0.29) is 12.5 Å². The highest BCUT2D eigenvalue weighted by Gasteiger charge is 2.17. The molecule has 0 aromatic heterocycles. The smallest absolute Gasteiger partial charge is 0.220 e. The molecular weight excluding hydrogens is 627 g/mol. The fraction of sp³-hybridized carbons (Fsp3) is 0.894. The second kappa shape index (κ2) is 43.3. The third-order valence-corrected chi connectivity index (χ3v) is 10.7. The number of aliphatic hydroxyl groups is 2. The molecule has 0 spiro atoms. The second-order valence-corrected chi connectivity index (χ2v) is 15.8. The normalized spacial score (nSPS) is 13.1. The van der Waals surface area contributed by atoms with Crippen LogP contribution in [0, 0.1) is 0 Å². The summed E-state index contributed by atoms with van der Waals surface area (Å²) in [5.41, 5.74) is 0. The highest BCUT2D eigenvalue weighted by molar-refractivity contribution is 5.76. The summed E-state index contributed by atoms with van der Waals surface area (Å²) in [7, 11) is 0. The van der Waals surface area contributed by atoms with E-state index in [0.717, 1.165) is 32.1 Å². The monoisotopic (exact) mass is 718 g/mol. The maximum absolute atomic E-state index is 12.3. The van der Waals surface area contributed by atoms with E-state index in [1.165, 1.54) is 199 Å². The zero-order valence-corrected chi connectivity index (χ0v) is 34.6. The minimum absolute atomic E-state index is 0.0717. The van der Waals surface area contributed by atoms with Gasteiger partial charge in [-0.25, -0.2) is 0 Å². The zero-order chi connectivity index (χ0) is 37.1. The summed E-state index contributed by atoms with van der Waals surface area (Å²) >= 11 is 0. The van der Waals surface area contributed by atoms with Crippen molar-refractivity contribution in [3.8, 4) is 0 Å². The molecular formula is C47H91NO3. The highest BCUT2D eigenvalue weighted by atomic mass is 16.3. The van der Waals surface area contributed by atoms with Gasteiger partial charge < -0.3 is 15.5 Å². The molecule has 51 heavy (non-hydrogen) atoms. The largest absolute Gasteiger partial charge is 0.394 e. The van der Waals surface area contributed by atoms with Crippen LogP contribution >= 0.6 is 0 Å². The van der Waals surface area contributed by atoms with Crippen LogP contribution in [0.15, 0.2) is 24.3 Å². The molecule has 4 nitrogen and oxygen atoms in total. The molecule has 302 valence electrons. The quantitative estimate of drug-likeness (QED) is 0.0435. The van der Waals surface area contributed by atoms with Crippen molar-refractivity contribution >= 4 is 5.91 Å². The summed E-state index contributed by atoms with van der Waals surface area (Å²) in [6.45, 7) is 4.31. The van der Waals surface area contributed by atoms with Crippen molar-refractivity contribution in [2.75, 3.05) is 6.61 Å². The van der Waals surface area contributed by atoms with Crippen LogP contribution < -0.4 is 5.32 Å². The molecule has 2 atom stereocenters. The van der Waals surface area contributed by atoms with Gasteiger partial charge in [-0.2, -0.15) is 0 Å². The summed E-state index contributed by atoms with van der Waals surface area (Å²) in [6, 6.07) is -0.634. The predicted octanol–water partition coefficient (Wildman–Crippen LogP) is 14.4. The van der Waals surface area contributed by atoms with E-state index < -0.39 is 12.1 Å². The van der Waals surface area contributed by atoms with Gasteiger partial charge in [0.05, 0.1) is 18.8 Å². The van der Waals surface area contributed by atoms with Gasteiger partial charge in [-0.1, -0.05) is 237 Å². The molecule has 2 unspecified atom stereocenters. The van der Waals surface area contributed by atoms with E-state index in [2.05, 4.69) is 31.3 Å². The van der Waals surface area contributed by atoms with Crippen LogP contribution in [0.3, 0.4) is 0 Å². The SMILES string of the molecule is CCCCCCCCCCCCCCCCCCCCCC/C=C/CC/C=C/C(O)C(CO)NC(=O)CCCCCCCCCCCCCCC. The summed E-state index contributed by atoms with van der Waals surface area (Å²) in [5, 5.41) is 23.0. The molecule has 0 radical (unpaired) electrons. The Balaban J connectivity index is 3.53. The highest BCUT2D eigenvalue weighted by Crippen LogP contribution is 2.16. The van der Waals surface area contributed by atoms with Crippen molar-refractivity contribution in [3.63, 3.8) is 0 Å². The van der Waals surface area contributed by atoms with Gasteiger partial charge in [-0.15, -0.1) is 0 Å². The van der Waals surface area contributed by atoms with Crippen molar-refractivity contribution in [2.24, 2.45) is 0 Å². The molecule has 0 aromatic carbocycles. The number of aliphatic hydroxyl groups excluding tert-OH is 2. The van der Waals surface area contributed by atoms with Crippen LogP contribution in [0.1, 0.15) is 251 Å². The van der Waals surface area contributed by atoms with Crippen molar-refractivity contribution in [3.05, 3.63) is 24.3 Å². The van der Waals surface area contributed by atoms with Gasteiger partial charge in [0, 0.05) is 6.42 Å². The van der Waals surface area contributed by atoms with Crippen molar-refractivity contribution in [1.82, 2.24) is 5.32 Å². The number of carbonyl (C=O) groups is 1. The van der Waals surface area contributed by atoms with Gasteiger partial charge in [-0.05, 0) is 32.1 Å². The maximum Gasteiger partial charge on any atom is 0.220 e. The lowest BCUT2D eigenvalue weighted by Gasteiger charge is -2.19. The Hall–Kier alpha value is -1.13. The molecule has 0 aromatic rings. The van der Waals surface area contributed by atoms with Crippen molar-refractivity contribution in [1.29, 1.82) is 0 Å². The number of amides is 1. The molecule has 0 aliphatic heterocycles. The minimum atomic E-state index is -0.857. The van der Waals surface area contributed by atoms with Gasteiger partial charge in [-0.3, -0.25) is 4.79 Å². The topological polar surface area (TPSA) is 69.6 Å². The summed E-state index contributed by atoms with van der Waals surface area (Å²) in [5.74, 6) is -0.0717.